The summed E-state index contributed by atoms with van der Waals surface area (Å²) in [5.41, 5.74) is 20.6. The Balaban J connectivity index is 0.000000207. The molecule has 7 heterocycles. The fourth-order valence-electron chi connectivity index (χ4n) is 15.6. The molecule has 2 aliphatic heterocycles. The fourth-order valence-corrected chi connectivity index (χ4v) is 15.6. The summed E-state index contributed by atoms with van der Waals surface area (Å²) < 4.78 is 45.5. The van der Waals surface area contributed by atoms with Gasteiger partial charge in [0.2, 0.25) is 28.5 Å². The minimum atomic E-state index is 0.0548. The molecule has 0 atom stereocenters. The number of aromatic nitrogens is 5. The van der Waals surface area contributed by atoms with Crippen LogP contribution in [0.3, 0.4) is 0 Å². The largest absolute Gasteiger partial charge is 0.494 e. The maximum atomic E-state index is 9.15. The van der Waals surface area contributed by atoms with Crippen molar-refractivity contribution in [1.29, 1.82) is 0 Å². The molecule has 0 spiro atoms. The van der Waals surface area contributed by atoms with Gasteiger partial charge in [-0.05, 0) is 185 Å². The van der Waals surface area contributed by atoms with Crippen molar-refractivity contribution in [3.63, 3.8) is 0 Å². The summed E-state index contributed by atoms with van der Waals surface area (Å²) in [5.74, 6) is 3.37. The van der Waals surface area contributed by atoms with Crippen molar-refractivity contribution in [3.8, 4) is 23.0 Å². The average Bonchev–Trinajstić information content (AvgIpc) is 0.786. The number of morpholine rings is 2. The maximum Gasteiger partial charge on any atom is 0.228 e. The van der Waals surface area contributed by atoms with E-state index in [9.17, 15) is 0 Å². The third-order valence-electron chi connectivity index (χ3n) is 23.2. The van der Waals surface area contributed by atoms with Crippen molar-refractivity contribution < 1.29 is 61.5 Å². The third kappa shape index (κ3) is 31.7. The number of nitrogens with zero attached hydrogens (tertiary/aromatic N) is 20. The van der Waals surface area contributed by atoms with Crippen LogP contribution in [0.15, 0.2) is 245 Å². The van der Waals surface area contributed by atoms with E-state index in [2.05, 4.69) is 182 Å². The topological polar surface area (TPSA) is 209 Å². The summed E-state index contributed by atoms with van der Waals surface area (Å²) in [4.78, 5) is 11.2. The molecule has 0 bridgehead atoms. The summed E-state index contributed by atoms with van der Waals surface area (Å²) in [5, 5.41) is 51.5. The molecule has 28 heteroatoms. The van der Waals surface area contributed by atoms with Crippen LogP contribution in [-0.2, 0) is 44.7 Å². The van der Waals surface area contributed by atoms with Gasteiger partial charge in [-0.15, -0.1) is 0 Å². The molecule has 0 unspecified atom stereocenters. The molecule has 28 nitrogen and oxygen atoms in total. The predicted octanol–water partition coefficient (Wildman–Crippen LogP) is 14.8. The number of aryl methyl sites for hydroxylation is 5. The molecule has 5 aromatic heterocycles. The summed E-state index contributed by atoms with van der Waals surface area (Å²) in [6, 6.07) is 63.8. The van der Waals surface area contributed by atoms with E-state index in [-0.39, 0.29) is 13.2 Å². The highest BCUT2D eigenvalue weighted by atomic mass is 16.5. The van der Waals surface area contributed by atoms with Gasteiger partial charge in [0.15, 0.2) is 31.0 Å². The molecular formula is C106H153N20O8+5. The molecule has 2 aliphatic rings. The molecule has 0 saturated carbocycles. The van der Waals surface area contributed by atoms with Crippen LogP contribution in [0, 0.1) is 0 Å². The lowest BCUT2D eigenvalue weighted by molar-refractivity contribution is -0.672. The van der Waals surface area contributed by atoms with Crippen molar-refractivity contribution in [2.75, 3.05) is 217 Å². The zero-order valence-corrected chi connectivity index (χ0v) is 84.3. The van der Waals surface area contributed by atoms with Crippen LogP contribution in [0.2, 0.25) is 0 Å². The summed E-state index contributed by atoms with van der Waals surface area (Å²) in [6.45, 7) is 38.7. The number of aliphatic hydroxyl groups is 2. The first kappa shape index (κ1) is 107. The number of hydrogen-bond acceptors (Lipinski definition) is 23. The Morgan fingerprint density at radius 1 is 0.351 bits per heavy atom. The summed E-state index contributed by atoms with van der Waals surface area (Å²) >= 11 is 0. The van der Waals surface area contributed by atoms with Gasteiger partial charge in [-0.3, -0.25) is 25.0 Å². The van der Waals surface area contributed by atoms with Crippen molar-refractivity contribution in [3.05, 3.63) is 248 Å². The molecule has 0 amide bonds. The number of hydrazone groups is 5. The molecule has 10 aromatic rings. The number of pyridine rings is 5. The first-order chi connectivity index (χ1) is 64.8. The van der Waals surface area contributed by atoms with Crippen LogP contribution in [0.25, 0.3) is 0 Å². The highest BCUT2D eigenvalue weighted by Gasteiger charge is 2.25. The van der Waals surface area contributed by atoms with Gasteiger partial charge in [0.05, 0.1) is 83.6 Å². The van der Waals surface area contributed by atoms with E-state index >= 15 is 0 Å². The normalized spacial score (nSPS) is 12.9. The second-order valence-corrected chi connectivity index (χ2v) is 32.7. The van der Waals surface area contributed by atoms with Gasteiger partial charge in [-0.25, -0.2) is 0 Å². The van der Waals surface area contributed by atoms with E-state index in [0.29, 0.717) is 32.9 Å². The maximum absolute atomic E-state index is 9.15. The number of methoxy groups -OCH3 is 1. The Kier molecular flexibility index (Phi) is 44.8. The van der Waals surface area contributed by atoms with Gasteiger partial charge in [-0.1, -0.05) is 26.7 Å². The number of hydrogen-bond donors (Lipinski definition) is 2. The SMILES string of the molecule is C/C(=N\N(C)c1ccc(N(CCO)CCO)cc1)c1cccc[n+]1C.CCCCOc1cc(N(C)/N=C(\C)c2cccc[n+]2C)c(OCCCC)cc1N1CCOCC1.CCN(CC)c1ccc(N(C)/N=C(\C)c2cccc[n+]2C)cc1.CCOc1cc(N(CC)CC)ccc1N(C)/N=C(\C)c1cccc[n+]1C.COc1cc(N2CCOCC2)ccc1N(C)/N=C(\C)c1cccc[n+]1C. The van der Waals surface area contributed by atoms with E-state index < -0.39 is 0 Å². The lowest BCUT2D eigenvalue weighted by Crippen LogP contribution is -2.36. The van der Waals surface area contributed by atoms with Crippen LogP contribution in [0.4, 0.5) is 56.9 Å². The second kappa shape index (κ2) is 56.3. The van der Waals surface area contributed by atoms with E-state index in [1.54, 1.807) is 7.11 Å². The van der Waals surface area contributed by atoms with Gasteiger partial charge in [0, 0.05) is 208 Å². The Hall–Kier alpha value is -12.8. The molecule has 0 aliphatic carbocycles. The van der Waals surface area contributed by atoms with Crippen LogP contribution < -0.4 is 91.3 Å². The molecule has 2 saturated heterocycles. The molecule has 0 radical (unpaired) electrons. The first-order valence-corrected chi connectivity index (χ1v) is 47.2. The molecule has 12 rings (SSSR count). The lowest BCUT2D eigenvalue weighted by Gasteiger charge is -2.31. The van der Waals surface area contributed by atoms with Crippen molar-refractivity contribution >= 4 is 85.4 Å². The van der Waals surface area contributed by atoms with E-state index in [0.717, 1.165) is 230 Å². The van der Waals surface area contributed by atoms with Gasteiger partial charge in [-0.2, -0.15) is 48.3 Å². The minimum Gasteiger partial charge on any atom is -0.494 e. The predicted molar refractivity (Wildman–Crippen MR) is 551 cm³/mol. The molecule has 134 heavy (non-hydrogen) atoms. The van der Waals surface area contributed by atoms with Crippen LogP contribution >= 0.6 is 0 Å². The van der Waals surface area contributed by atoms with Gasteiger partial charge in [0.25, 0.3) is 0 Å². The number of benzene rings is 5. The fraction of sp³-hybridized carbons (Fsp3) is 0.434. The van der Waals surface area contributed by atoms with E-state index in [4.69, 9.17) is 59.0 Å². The minimum absolute atomic E-state index is 0.0548. The Bertz CT molecular complexity index is 5360. The summed E-state index contributed by atoms with van der Waals surface area (Å²) in [6.07, 6.45) is 14.3. The molecular weight excluding hydrogens is 1680 g/mol. The zero-order valence-electron chi connectivity index (χ0n) is 84.3. The Morgan fingerprint density at radius 3 is 1.04 bits per heavy atom. The number of aliphatic hydroxyl groups excluding tert-OH is 2. The van der Waals surface area contributed by atoms with Crippen molar-refractivity contribution in [2.45, 2.75) is 109 Å². The second-order valence-electron chi connectivity index (χ2n) is 32.7. The number of unbranched alkanes of at least 4 members (excludes halogenated alkanes) is 2. The Morgan fingerprint density at radius 2 is 0.679 bits per heavy atom. The quantitative estimate of drug-likeness (QED) is 0.0159. The van der Waals surface area contributed by atoms with Gasteiger partial charge < -0.3 is 63.1 Å². The van der Waals surface area contributed by atoms with Crippen molar-refractivity contribution in [1.82, 2.24) is 0 Å². The smallest absolute Gasteiger partial charge is 0.228 e. The van der Waals surface area contributed by atoms with Gasteiger partial charge >= 0.3 is 0 Å². The molecule has 2 N–H and O–H groups in total. The highest BCUT2D eigenvalue weighted by Crippen LogP contribution is 2.42. The van der Waals surface area contributed by atoms with Crippen LogP contribution in [-0.4, -0.2) is 206 Å². The van der Waals surface area contributed by atoms with Crippen LogP contribution in [0.5, 0.6) is 23.0 Å². The first-order valence-electron chi connectivity index (χ1n) is 47.2. The Labute approximate surface area is 799 Å². The van der Waals surface area contributed by atoms with E-state index in [1.807, 2.05) is 269 Å². The molecule has 5 aromatic carbocycles. The monoisotopic (exact) mass is 1830 g/mol. The third-order valence-corrected chi connectivity index (χ3v) is 23.2. The zero-order chi connectivity index (χ0) is 97.0. The molecule has 720 valence electrons. The highest BCUT2D eigenvalue weighted by molar-refractivity contribution is 5.99. The average molecular weight is 1840 g/mol. The lowest BCUT2D eigenvalue weighted by atomic mass is 10.2. The van der Waals surface area contributed by atoms with Gasteiger partial charge in [0.1, 0.15) is 104 Å². The van der Waals surface area contributed by atoms with Crippen molar-refractivity contribution in [2.24, 2.45) is 60.7 Å². The number of anilines is 10. The number of ether oxygens (including phenoxy) is 6. The number of rotatable bonds is 39. The molecule has 2 fully saturated rings. The van der Waals surface area contributed by atoms with E-state index in [1.165, 1.54) is 11.4 Å². The van der Waals surface area contributed by atoms with Crippen LogP contribution in [0.1, 0.15) is 137 Å². The standard InChI is InChI=1S/C27H41N4O3.C21H31N4O.C20H27N4O2.C19H27N4O2.C19H27N4/c1-6-8-16-33-26-21-25(31-14-18-32-19-15-31)27(34-17-9-7-2)20-24(26)30(5)28-22(3)23-12-10-11-13-29(23)4;1-7-25(8-2)18-13-14-20(21(16-18)26-9-3)24(6)22-17(4)19-12-10-11-15-23(19)5;1-16(18-7-5-6-10-22(18)2)21-23(3)19-9-8-17(15-20(19)25-4)24-11-13-26-14-12-24;1-16(19-6-4-5-11-21(19)2)20-22(3)17-7-9-18(10-8-17)23(12-14-24)13-15-25;1-6-23(7-2)18-13-11-17(12-14-18)22(5)20-16(3)19-10-8-9-15-21(19)4/h10-13,20-21H,6-9,14-19H2,1-5H3;10-16H,7-9H2,1-6H3;5-10,15H,11-14H2,1-4H3;4-11,24-25H,12-15H2,1-3H3;8-15H,6-7H2,1-5H3/q5*+1. The summed E-state index contributed by atoms with van der Waals surface area (Å²) in [7, 11) is 21.6.